The lowest BCUT2D eigenvalue weighted by Gasteiger charge is -1.86. The lowest BCUT2D eigenvalue weighted by molar-refractivity contribution is -0.131. The number of aromatic carboxylic acids is 1. The fourth-order valence-corrected chi connectivity index (χ4v) is 1.83. The molecule has 0 aromatic carbocycles. The van der Waals surface area contributed by atoms with Gasteiger partial charge in [-0.2, -0.15) is 0 Å². The normalized spacial score (nSPS) is 10.6. The molecule has 5 heteroatoms. The molecule has 1 aromatic rings. The molecule has 74 valence electrons. The number of rotatable bonds is 3. The van der Waals surface area contributed by atoms with E-state index in [0.717, 1.165) is 23.0 Å². The highest BCUT2D eigenvalue weighted by Crippen LogP contribution is 2.23. The standard InChI is InChI=1S/C9H8O4S/c1-5-4-7(9(12)13)14-6(5)2-3-8(10)11/h2-4H,1H3,(H,10,11)(H,12,13). The van der Waals surface area contributed by atoms with Gasteiger partial charge in [-0.15, -0.1) is 11.3 Å². The first-order valence-electron chi connectivity index (χ1n) is 3.75. The van der Waals surface area contributed by atoms with E-state index >= 15 is 0 Å². The molecule has 0 atom stereocenters. The lowest BCUT2D eigenvalue weighted by atomic mass is 10.2. The summed E-state index contributed by atoms with van der Waals surface area (Å²) in [5.41, 5.74) is 0.768. The van der Waals surface area contributed by atoms with Crippen molar-refractivity contribution in [1.82, 2.24) is 0 Å². The zero-order chi connectivity index (χ0) is 10.7. The van der Waals surface area contributed by atoms with Crippen molar-refractivity contribution in [1.29, 1.82) is 0 Å². The summed E-state index contributed by atoms with van der Waals surface area (Å²) in [5.74, 6) is -2.04. The third kappa shape index (κ3) is 2.43. The van der Waals surface area contributed by atoms with Crippen LogP contribution in [-0.4, -0.2) is 22.2 Å². The van der Waals surface area contributed by atoms with Crippen LogP contribution in [0.4, 0.5) is 0 Å². The van der Waals surface area contributed by atoms with Crippen LogP contribution < -0.4 is 0 Å². The summed E-state index contributed by atoms with van der Waals surface area (Å²) in [7, 11) is 0. The van der Waals surface area contributed by atoms with Gasteiger partial charge in [-0.25, -0.2) is 9.59 Å². The molecule has 0 fully saturated rings. The molecule has 0 bridgehead atoms. The minimum atomic E-state index is -1.05. The molecule has 4 nitrogen and oxygen atoms in total. The summed E-state index contributed by atoms with van der Waals surface area (Å²) in [6.45, 7) is 1.74. The second kappa shape index (κ2) is 4.06. The van der Waals surface area contributed by atoms with Crippen molar-refractivity contribution in [2.75, 3.05) is 0 Å². The van der Waals surface area contributed by atoms with E-state index in [1.165, 1.54) is 12.1 Å². The van der Waals surface area contributed by atoms with Crippen LogP contribution in [0.3, 0.4) is 0 Å². The molecular weight excluding hydrogens is 204 g/mol. The molecule has 0 saturated carbocycles. The number of carboxylic acid groups (broad SMARTS) is 2. The van der Waals surface area contributed by atoms with Gasteiger partial charge in [-0.3, -0.25) is 0 Å². The molecule has 1 aromatic heterocycles. The van der Waals surface area contributed by atoms with Gasteiger partial charge in [-0.1, -0.05) is 0 Å². The number of carboxylic acids is 2. The highest BCUT2D eigenvalue weighted by atomic mass is 32.1. The molecule has 0 aliphatic carbocycles. The van der Waals surface area contributed by atoms with Crippen molar-refractivity contribution in [3.8, 4) is 0 Å². The molecule has 0 aliphatic rings. The Morgan fingerprint density at radius 3 is 2.50 bits per heavy atom. The predicted octanol–water partition coefficient (Wildman–Crippen LogP) is 1.85. The van der Waals surface area contributed by atoms with E-state index in [1.54, 1.807) is 6.92 Å². The Morgan fingerprint density at radius 2 is 2.07 bits per heavy atom. The van der Waals surface area contributed by atoms with Crippen LogP contribution in [0, 0.1) is 6.92 Å². The van der Waals surface area contributed by atoms with Gasteiger partial charge < -0.3 is 10.2 Å². The number of hydrogen-bond donors (Lipinski definition) is 2. The summed E-state index contributed by atoms with van der Waals surface area (Å²) >= 11 is 1.06. The number of thiophene rings is 1. The topological polar surface area (TPSA) is 74.6 Å². The van der Waals surface area contributed by atoms with Gasteiger partial charge in [-0.05, 0) is 24.6 Å². The molecule has 1 rings (SSSR count). The number of carbonyl (C=O) groups is 2. The zero-order valence-electron chi connectivity index (χ0n) is 7.35. The van der Waals surface area contributed by atoms with Crippen molar-refractivity contribution >= 4 is 29.4 Å². The van der Waals surface area contributed by atoms with Gasteiger partial charge in [0.1, 0.15) is 4.88 Å². The van der Waals surface area contributed by atoms with E-state index in [9.17, 15) is 9.59 Å². The average molecular weight is 212 g/mol. The lowest BCUT2D eigenvalue weighted by Crippen LogP contribution is -1.89. The van der Waals surface area contributed by atoms with E-state index in [4.69, 9.17) is 10.2 Å². The Kier molecular flexibility index (Phi) is 3.03. The first-order valence-corrected chi connectivity index (χ1v) is 4.57. The highest BCUT2D eigenvalue weighted by Gasteiger charge is 2.08. The third-order valence-electron chi connectivity index (χ3n) is 1.54. The first kappa shape index (κ1) is 10.5. The monoisotopic (exact) mass is 212 g/mol. The molecule has 2 N–H and O–H groups in total. The number of aliphatic carboxylic acids is 1. The van der Waals surface area contributed by atoms with Crippen LogP contribution in [0.25, 0.3) is 6.08 Å². The number of hydrogen-bond acceptors (Lipinski definition) is 3. The Bertz CT molecular complexity index is 403. The van der Waals surface area contributed by atoms with E-state index in [-0.39, 0.29) is 4.88 Å². The second-order valence-electron chi connectivity index (χ2n) is 2.63. The summed E-state index contributed by atoms with van der Waals surface area (Å²) in [4.78, 5) is 21.7. The van der Waals surface area contributed by atoms with E-state index < -0.39 is 11.9 Å². The molecule has 0 radical (unpaired) electrons. The second-order valence-corrected chi connectivity index (χ2v) is 3.72. The van der Waals surface area contributed by atoms with Gasteiger partial charge in [0.2, 0.25) is 0 Å². The Labute approximate surface area is 84.1 Å². The molecule has 0 spiro atoms. The molecule has 0 unspecified atom stereocenters. The molecule has 14 heavy (non-hydrogen) atoms. The van der Waals surface area contributed by atoms with Crippen LogP contribution in [0.1, 0.15) is 20.1 Å². The zero-order valence-corrected chi connectivity index (χ0v) is 8.17. The van der Waals surface area contributed by atoms with Gasteiger partial charge in [0, 0.05) is 11.0 Å². The Morgan fingerprint density at radius 1 is 1.43 bits per heavy atom. The summed E-state index contributed by atoms with van der Waals surface area (Å²) in [5, 5.41) is 17.1. The minimum Gasteiger partial charge on any atom is -0.478 e. The fraction of sp³-hybridized carbons (Fsp3) is 0.111. The van der Waals surface area contributed by atoms with Gasteiger partial charge in [0.25, 0.3) is 0 Å². The van der Waals surface area contributed by atoms with Crippen LogP contribution in [-0.2, 0) is 4.79 Å². The Hall–Kier alpha value is -1.62. The quantitative estimate of drug-likeness (QED) is 0.750. The van der Waals surface area contributed by atoms with Crippen molar-refractivity contribution in [3.05, 3.63) is 27.5 Å². The van der Waals surface area contributed by atoms with Gasteiger partial charge >= 0.3 is 11.9 Å². The highest BCUT2D eigenvalue weighted by molar-refractivity contribution is 7.15. The van der Waals surface area contributed by atoms with Gasteiger partial charge in [0.15, 0.2) is 0 Å². The van der Waals surface area contributed by atoms with Crippen molar-refractivity contribution in [3.63, 3.8) is 0 Å². The summed E-state index contributed by atoms with van der Waals surface area (Å²) in [6, 6.07) is 1.52. The molecular formula is C9H8O4S. The maximum absolute atomic E-state index is 10.6. The average Bonchev–Trinajstić information content (AvgIpc) is 2.43. The van der Waals surface area contributed by atoms with Gasteiger partial charge in [0.05, 0.1) is 0 Å². The van der Waals surface area contributed by atoms with E-state index in [0.29, 0.717) is 4.88 Å². The SMILES string of the molecule is Cc1cc(C(=O)O)sc1C=CC(=O)O. The summed E-state index contributed by atoms with van der Waals surface area (Å²) < 4.78 is 0. The minimum absolute atomic E-state index is 0.215. The first-order chi connectivity index (χ1) is 6.50. The fourth-order valence-electron chi connectivity index (χ4n) is 0.914. The Balaban J connectivity index is 2.99. The van der Waals surface area contributed by atoms with Crippen LogP contribution in [0.2, 0.25) is 0 Å². The van der Waals surface area contributed by atoms with Crippen molar-refractivity contribution < 1.29 is 19.8 Å². The van der Waals surface area contributed by atoms with Crippen LogP contribution in [0.5, 0.6) is 0 Å². The molecule has 0 saturated heterocycles. The third-order valence-corrected chi connectivity index (χ3v) is 2.73. The molecule has 1 heterocycles. The van der Waals surface area contributed by atoms with Crippen LogP contribution in [0.15, 0.2) is 12.1 Å². The van der Waals surface area contributed by atoms with Crippen molar-refractivity contribution in [2.24, 2.45) is 0 Å². The number of aryl methyl sites for hydroxylation is 1. The molecule has 0 aliphatic heterocycles. The van der Waals surface area contributed by atoms with E-state index in [1.807, 2.05) is 0 Å². The predicted molar refractivity (Wildman–Crippen MR) is 52.7 cm³/mol. The van der Waals surface area contributed by atoms with E-state index in [2.05, 4.69) is 0 Å². The largest absolute Gasteiger partial charge is 0.478 e. The van der Waals surface area contributed by atoms with Crippen LogP contribution >= 0.6 is 11.3 Å². The maximum atomic E-state index is 10.6. The van der Waals surface area contributed by atoms with Crippen molar-refractivity contribution in [2.45, 2.75) is 6.92 Å². The smallest absolute Gasteiger partial charge is 0.345 e. The molecule has 0 amide bonds. The maximum Gasteiger partial charge on any atom is 0.345 e. The summed E-state index contributed by atoms with van der Waals surface area (Å²) in [6.07, 6.45) is 2.39.